The number of aryl methyl sites for hydroxylation is 1. The van der Waals surface area contributed by atoms with E-state index in [1.165, 1.54) is 64.2 Å². The van der Waals surface area contributed by atoms with Crippen LogP contribution in [0.4, 0.5) is 0 Å². The van der Waals surface area contributed by atoms with Crippen LogP contribution < -0.4 is 10.2 Å². The van der Waals surface area contributed by atoms with Crippen LogP contribution in [0.5, 0.6) is 0 Å². The molecule has 206 valence electrons. The fourth-order valence-electron chi connectivity index (χ4n) is 2.90. The van der Waals surface area contributed by atoms with Gasteiger partial charge in [-0.15, -0.1) is 0 Å². The fourth-order valence-corrected chi connectivity index (χ4v) is 2.90. The molecule has 1 aromatic rings. The Hall–Kier alpha value is -1.04. The normalized spacial score (nSPS) is 9.28. The number of hydrogen-bond acceptors (Lipinski definition) is 4. The molecule has 0 aliphatic heterocycles. The van der Waals surface area contributed by atoms with E-state index in [-0.39, 0.29) is 35.9 Å². The van der Waals surface area contributed by atoms with Gasteiger partial charge in [-0.2, -0.15) is 0 Å². The predicted octanol–water partition coefficient (Wildman–Crippen LogP) is 6.91. The van der Waals surface area contributed by atoms with Gasteiger partial charge in [0.05, 0.1) is 5.97 Å². The van der Waals surface area contributed by atoms with Gasteiger partial charge in [0.25, 0.3) is 0 Å². The van der Waals surface area contributed by atoms with E-state index in [9.17, 15) is 19.8 Å². The van der Waals surface area contributed by atoms with Crippen molar-refractivity contribution in [1.82, 2.24) is 0 Å². The Bertz CT molecular complexity index is 567. The van der Waals surface area contributed by atoms with Gasteiger partial charge < -0.3 is 19.8 Å². The summed E-state index contributed by atoms with van der Waals surface area (Å²) in [7, 11) is 0. The molecule has 5 heteroatoms. The molecule has 1 rings (SSSR count). The van der Waals surface area contributed by atoms with Crippen molar-refractivity contribution in [3.8, 4) is 0 Å². The number of benzene rings is 1. The largest absolute Gasteiger partial charge is 2.00 e. The van der Waals surface area contributed by atoms with Gasteiger partial charge in [0, 0.05) is 5.97 Å². The summed E-state index contributed by atoms with van der Waals surface area (Å²) in [5, 5.41) is 20.6. The van der Waals surface area contributed by atoms with Gasteiger partial charge in [0.2, 0.25) is 0 Å². The zero-order valence-electron chi connectivity index (χ0n) is 23.9. The van der Waals surface area contributed by atoms with Crippen LogP contribution in [0.25, 0.3) is 0 Å². The number of unbranched alkanes of at least 4 members (excludes halogenated alkanes) is 11. The molecular formula is C31H54O4Sn. The van der Waals surface area contributed by atoms with Crippen LogP contribution in [-0.2, 0) is 11.2 Å². The Morgan fingerprint density at radius 2 is 1.14 bits per heavy atom. The molecule has 0 saturated carbocycles. The molecule has 4 radical (unpaired) electrons. The van der Waals surface area contributed by atoms with E-state index in [4.69, 9.17) is 0 Å². The zero-order chi connectivity index (χ0) is 27.2. The second-order valence-corrected chi connectivity index (χ2v) is 8.75. The Morgan fingerprint density at radius 1 is 0.694 bits per heavy atom. The van der Waals surface area contributed by atoms with Gasteiger partial charge in [-0.25, -0.2) is 0 Å². The predicted molar refractivity (Wildman–Crippen MR) is 153 cm³/mol. The third-order valence-electron chi connectivity index (χ3n) is 5.14. The maximum Gasteiger partial charge on any atom is 2.00 e. The van der Waals surface area contributed by atoms with Crippen LogP contribution in [0.1, 0.15) is 146 Å². The molecule has 0 unspecified atom stereocenters. The van der Waals surface area contributed by atoms with Crippen LogP contribution >= 0.6 is 0 Å². The van der Waals surface area contributed by atoms with Crippen molar-refractivity contribution in [2.45, 2.75) is 137 Å². The number of carboxylic acids is 2. The third-order valence-corrected chi connectivity index (χ3v) is 5.14. The number of hydrogen-bond donors (Lipinski definition) is 0. The Kier molecular flexibility index (Phi) is 42.2. The summed E-state index contributed by atoms with van der Waals surface area (Å²) >= 11 is 0. The van der Waals surface area contributed by atoms with E-state index in [1.54, 1.807) is 18.2 Å². The van der Waals surface area contributed by atoms with Gasteiger partial charge in [0.1, 0.15) is 0 Å². The summed E-state index contributed by atoms with van der Waals surface area (Å²) in [6.45, 7) is 15.7. The molecule has 0 bridgehead atoms. The molecule has 0 N–H and O–H groups in total. The van der Waals surface area contributed by atoms with Crippen molar-refractivity contribution < 1.29 is 19.8 Å². The number of rotatable bonds is 16. The fraction of sp³-hybridized carbons (Fsp3) is 0.677. The maximum atomic E-state index is 10.4. The van der Waals surface area contributed by atoms with E-state index in [0.717, 1.165) is 44.1 Å². The van der Waals surface area contributed by atoms with Crippen molar-refractivity contribution in [3.05, 3.63) is 49.2 Å². The van der Waals surface area contributed by atoms with E-state index in [2.05, 4.69) is 41.5 Å². The standard InChI is InChI=1S/C13H26O2.C10H12O2.2C4H9.Sn/c1-2-3-4-5-6-7-8-9-10-11-12-13(14)15;1-2-4-8-5-3-6-9(7-8)10(11)12;2*1-3-4-2;/h2-12H2,1H3,(H,14,15);3,5-7H,2,4H2,1H3,(H,11,12);2*1,3-4H2,2H3;/q;;;;+2/p-2. The quantitative estimate of drug-likeness (QED) is 0.151. The molecule has 0 saturated heterocycles. The van der Waals surface area contributed by atoms with E-state index in [0.29, 0.717) is 0 Å². The second kappa shape index (κ2) is 36.1. The van der Waals surface area contributed by atoms with E-state index >= 15 is 0 Å². The molecule has 0 fully saturated rings. The van der Waals surface area contributed by atoms with Crippen molar-refractivity contribution in [1.29, 1.82) is 0 Å². The molecular weight excluding hydrogens is 555 g/mol. The average Bonchev–Trinajstić information content (AvgIpc) is 2.86. The van der Waals surface area contributed by atoms with Gasteiger partial charge in [-0.3, -0.25) is 0 Å². The zero-order valence-corrected chi connectivity index (χ0v) is 26.7. The van der Waals surface area contributed by atoms with Crippen LogP contribution in [0.2, 0.25) is 0 Å². The summed E-state index contributed by atoms with van der Waals surface area (Å²) in [4.78, 5) is 20.6. The topological polar surface area (TPSA) is 80.3 Å². The monoisotopic (exact) mass is 610 g/mol. The van der Waals surface area contributed by atoms with Crippen LogP contribution in [0.15, 0.2) is 24.3 Å². The average molecular weight is 609 g/mol. The van der Waals surface area contributed by atoms with Crippen LogP contribution in [0.3, 0.4) is 0 Å². The molecule has 36 heavy (non-hydrogen) atoms. The van der Waals surface area contributed by atoms with E-state index in [1.807, 2.05) is 6.07 Å². The number of carbonyl (C=O) groups excluding carboxylic acids is 2. The van der Waals surface area contributed by atoms with Crippen molar-refractivity contribution in [2.24, 2.45) is 0 Å². The summed E-state index contributed by atoms with van der Waals surface area (Å²) in [6, 6.07) is 6.89. The number of aromatic carboxylic acids is 1. The summed E-state index contributed by atoms with van der Waals surface area (Å²) in [6.07, 6.45) is 19.1. The molecule has 0 aliphatic rings. The molecule has 0 spiro atoms. The molecule has 4 nitrogen and oxygen atoms in total. The second-order valence-electron chi connectivity index (χ2n) is 8.75. The molecule has 0 aliphatic carbocycles. The number of carbonyl (C=O) groups is 2. The van der Waals surface area contributed by atoms with Crippen molar-refractivity contribution in [3.63, 3.8) is 0 Å². The van der Waals surface area contributed by atoms with Gasteiger partial charge in [-0.05, 0) is 36.5 Å². The number of carboxylic acid groups (broad SMARTS) is 2. The molecule has 0 heterocycles. The minimum Gasteiger partial charge on any atom is -0.550 e. The van der Waals surface area contributed by atoms with E-state index < -0.39 is 11.9 Å². The first-order valence-electron chi connectivity index (χ1n) is 13.9. The van der Waals surface area contributed by atoms with Crippen molar-refractivity contribution in [2.75, 3.05) is 0 Å². The van der Waals surface area contributed by atoms with Crippen LogP contribution in [0, 0.1) is 13.8 Å². The molecule has 1 aromatic carbocycles. The van der Waals surface area contributed by atoms with Crippen LogP contribution in [-0.4, -0.2) is 35.8 Å². The Balaban J connectivity index is -0.000000217. The third kappa shape index (κ3) is 37.5. The van der Waals surface area contributed by atoms with Gasteiger partial charge in [0.15, 0.2) is 0 Å². The van der Waals surface area contributed by atoms with Gasteiger partial charge in [-0.1, -0.05) is 150 Å². The molecule has 0 amide bonds. The Morgan fingerprint density at radius 3 is 1.50 bits per heavy atom. The SMILES string of the molecule is CCCCCCCCCCCCC(=O)[O-].CCCc1cccc(C(=O)[O-])c1.[CH2]CCC.[CH2]CCC.[Sn+2]. The maximum absolute atomic E-state index is 10.4. The summed E-state index contributed by atoms with van der Waals surface area (Å²) in [5.41, 5.74) is 1.32. The smallest absolute Gasteiger partial charge is 0.550 e. The van der Waals surface area contributed by atoms with Crippen molar-refractivity contribution >= 4 is 35.8 Å². The molecule has 0 aromatic heterocycles. The van der Waals surface area contributed by atoms with Gasteiger partial charge >= 0.3 is 23.9 Å². The minimum atomic E-state index is -1.10. The number of aliphatic carboxylic acids is 1. The first-order chi connectivity index (χ1) is 16.8. The Labute approximate surface area is 241 Å². The summed E-state index contributed by atoms with van der Waals surface area (Å²) in [5.74, 6) is -2.01. The first-order valence-corrected chi connectivity index (χ1v) is 13.9. The molecule has 0 atom stereocenters. The first kappa shape index (κ1) is 42.1. The minimum absolute atomic E-state index is 0. The summed E-state index contributed by atoms with van der Waals surface area (Å²) < 4.78 is 0.